The van der Waals surface area contributed by atoms with Crippen molar-refractivity contribution in [3.05, 3.63) is 58.6 Å². The van der Waals surface area contributed by atoms with Crippen molar-refractivity contribution in [1.29, 1.82) is 0 Å². The van der Waals surface area contributed by atoms with E-state index in [1.165, 1.54) is 12.1 Å². The van der Waals surface area contributed by atoms with Crippen LogP contribution in [0.15, 0.2) is 53.4 Å². The van der Waals surface area contributed by atoms with Crippen molar-refractivity contribution in [3.8, 4) is 5.75 Å². The molecule has 2 aromatic carbocycles. The summed E-state index contributed by atoms with van der Waals surface area (Å²) in [6.45, 7) is 2.16. The first kappa shape index (κ1) is 17.7. The Morgan fingerprint density at radius 1 is 1.21 bits per heavy atom. The van der Waals surface area contributed by atoms with Crippen molar-refractivity contribution in [2.24, 2.45) is 0 Å². The van der Waals surface area contributed by atoms with Gasteiger partial charge in [0.05, 0.1) is 16.4 Å². The van der Waals surface area contributed by atoms with Gasteiger partial charge in [-0.15, -0.1) is 0 Å². The number of hydrogen-bond donors (Lipinski definition) is 1. The topological polar surface area (TPSA) is 98.5 Å². The minimum atomic E-state index is -3.50. The number of rotatable bonds is 7. The number of nitro groups is 1. The van der Waals surface area contributed by atoms with Crippen molar-refractivity contribution in [2.75, 3.05) is 18.1 Å². The molecule has 7 nitrogen and oxygen atoms in total. The van der Waals surface area contributed by atoms with Gasteiger partial charge in [-0.25, -0.2) is 8.42 Å². The first-order chi connectivity index (χ1) is 11.3. The summed E-state index contributed by atoms with van der Waals surface area (Å²) in [5.41, 5.74) is -0.0410. The van der Waals surface area contributed by atoms with Crippen LogP contribution in [0, 0.1) is 10.1 Å². The van der Waals surface area contributed by atoms with Crippen LogP contribution >= 0.6 is 0 Å². The van der Waals surface area contributed by atoms with Crippen LogP contribution in [-0.4, -0.2) is 32.2 Å². The Morgan fingerprint density at radius 3 is 2.46 bits per heavy atom. The lowest BCUT2D eigenvalue weighted by molar-refractivity contribution is -0.384. The summed E-state index contributed by atoms with van der Waals surface area (Å²) < 4.78 is 28.7. The summed E-state index contributed by atoms with van der Waals surface area (Å²) in [5, 5.41) is 14.1. The van der Waals surface area contributed by atoms with Crippen LogP contribution in [-0.2, 0) is 9.84 Å². The fourth-order valence-electron chi connectivity index (χ4n) is 2.07. The van der Waals surface area contributed by atoms with Crippen LogP contribution < -0.4 is 10.1 Å². The molecule has 0 aliphatic rings. The zero-order valence-electron chi connectivity index (χ0n) is 13.3. The number of benzene rings is 2. The van der Waals surface area contributed by atoms with Gasteiger partial charge in [-0.2, -0.15) is 0 Å². The molecule has 1 unspecified atom stereocenters. The summed E-state index contributed by atoms with van der Waals surface area (Å²) in [4.78, 5) is 10.5. The minimum Gasteiger partial charge on any atom is -0.489 e. The first-order valence-electron chi connectivity index (χ1n) is 7.21. The highest BCUT2D eigenvalue weighted by Crippen LogP contribution is 2.27. The van der Waals surface area contributed by atoms with Crippen LogP contribution in [0.2, 0.25) is 0 Å². The second kappa shape index (κ2) is 7.31. The maximum atomic E-state index is 11.5. The average Bonchev–Trinajstić information content (AvgIpc) is 2.52. The zero-order valence-corrected chi connectivity index (χ0v) is 14.1. The number of hydrogen-bond acceptors (Lipinski definition) is 6. The zero-order chi connectivity index (χ0) is 17.7. The van der Waals surface area contributed by atoms with Crippen LogP contribution in [0.4, 0.5) is 11.4 Å². The van der Waals surface area contributed by atoms with E-state index in [4.69, 9.17) is 4.74 Å². The molecule has 1 atom stereocenters. The molecule has 128 valence electrons. The highest BCUT2D eigenvalue weighted by Gasteiger charge is 2.19. The molecular formula is C16H18N2O5S. The molecule has 0 bridgehead atoms. The van der Waals surface area contributed by atoms with Gasteiger partial charge in [0.2, 0.25) is 0 Å². The van der Waals surface area contributed by atoms with E-state index in [1.54, 1.807) is 0 Å². The molecule has 1 N–H and O–H groups in total. The second-order valence-electron chi connectivity index (χ2n) is 5.33. The smallest absolute Gasteiger partial charge is 0.293 e. The lowest BCUT2D eigenvalue weighted by atomic mass is 10.2. The highest BCUT2D eigenvalue weighted by molar-refractivity contribution is 7.90. The van der Waals surface area contributed by atoms with Gasteiger partial charge >= 0.3 is 0 Å². The van der Waals surface area contributed by atoms with Gasteiger partial charge in [-0.1, -0.05) is 18.2 Å². The first-order valence-corrected chi connectivity index (χ1v) is 9.10. The van der Waals surface area contributed by atoms with Gasteiger partial charge in [0.25, 0.3) is 5.69 Å². The standard InChI is InChI=1S/C16H18N2O5S/c1-12(23-13-6-4-3-5-7-13)11-17-15-9-8-14(24(2,21)22)10-16(15)18(19)20/h3-10,12,17H,11H2,1-2H3. The lowest BCUT2D eigenvalue weighted by Gasteiger charge is -2.16. The summed E-state index contributed by atoms with van der Waals surface area (Å²) in [7, 11) is -3.50. The SMILES string of the molecule is CC(CNc1ccc(S(C)(=O)=O)cc1[N+](=O)[O-])Oc1ccccc1. The van der Waals surface area contributed by atoms with Crippen molar-refractivity contribution < 1.29 is 18.1 Å². The third kappa shape index (κ3) is 4.69. The molecule has 2 aromatic rings. The number of nitro benzene ring substituents is 1. The maximum absolute atomic E-state index is 11.5. The molecule has 0 amide bonds. The van der Waals surface area contributed by atoms with Crippen molar-refractivity contribution >= 4 is 21.2 Å². The van der Waals surface area contributed by atoms with Gasteiger partial charge in [0, 0.05) is 12.3 Å². The lowest BCUT2D eigenvalue weighted by Crippen LogP contribution is -2.23. The predicted octanol–water partition coefficient (Wildman–Crippen LogP) is 2.88. The Morgan fingerprint density at radius 2 is 1.88 bits per heavy atom. The Bertz CT molecular complexity index is 822. The van der Waals surface area contributed by atoms with Gasteiger partial charge in [0.1, 0.15) is 17.5 Å². The molecule has 0 spiro atoms. The molecule has 0 radical (unpaired) electrons. The molecular weight excluding hydrogens is 332 g/mol. The van der Waals surface area contributed by atoms with Gasteiger partial charge in [0.15, 0.2) is 9.84 Å². The molecule has 0 heterocycles. The van der Waals surface area contributed by atoms with E-state index < -0.39 is 14.8 Å². The average molecular weight is 350 g/mol. The minimum absolute atomic E-state index is 0.0895. The number of anilines is 1. The quantitative estimate of drug-likeness (QED) is 0.609. The maximum Gasteiger partial charge on any atom is 0.293 e. The molecule has 0 fully saturated rings. The van der Waals surface area contributed by atoms with Crippen LogP contribution in [0.3, 0.4) is 0 Å². The Hall–Kier alpha value is -2.61. The van der Waals surface area contributed by atoms with Crippen molar-refractivity contribution in [3.63, 3.8) is 0 Å². The molecule has 0 saturated carbocycles. The summed E-state index contributed by atoms with van der Waals surface area (Å²) in [5.74, 6) is 0.703. The molecule has 2 rings (SSSR count). The van der Waals surface area contributed by atoms with Gasteiger partial charge in [-0.3, -0.25) is 10.1 Å². The van der Waals surface area contributed by atoms with E-state index in [2.05, 4.69) is 5.32 Å². The van der Waals surface area contributed by atoms with E-state index >= 15 is 0 Å². The predicted molar refractivity (Wildman–Crippen MR) is 91.2 cm³/mol. The summed E-state index contributed by atoms with van der Waals surface area (Å²) in [6.07, 6.45) is 0.774. The fourth-order valence-corrected chi connectivity index (χ4v) is 2.71. The van der Waals surface area contributed by atoms with Crippen LogP contribution in [0.25, 0.3) is 0 Å². The third-order valence-corrected chi connectivity index (χ3v) is 4.36. The summed E-state index contributed by atoms with van der Waals surface area (Å²) in [6, 6.07) is 13.0. The molecule has 8 heteroatoms. The summed E-state index contributed by atoms with van der Waals surface area (Å²) >= 11 is 0. The highest BCUT2D eigenvalue weighted by atomic mass is 32.2. The molecule has 24 heavy (non-hydrogen) atoms. The second-order valence-corrected chi connectivity index (χ2v) is 7.35. The van der Waals surface area contributed by atoms with Crippen LogP contribution in [0.5, 0.6) is 5.75 Å². The molecule has 0 saturated heterocycles. The Balaban J connectivity index is 2.10. The molecule has 0 aromatic heterocycles. The van der Waals surface area contributed by atoms with Crippen molar-refractivity contribution in [2.45, 2.75) is 17.9 Å². The van der Waals surface area contributed by atoms with E-state index in [0.717, 1.165) is 12.3 Å². The molecule has 0 aliphatic carbocycles. The number of ether oxygens (including phenoxy) is 1. The third-order valence-electron chi connectivity index (χ3n) is 3.25. The molecule has 0 aliphatic heterocycles. The largest absolute Gasteiger partial charge is 0.489 e. The van der Waals surface area contributed by atoms with Gasteiger partial charge in [-0.05, 0) is 31.2 Å². The van der Waals surface area contributed by atoms with Crippen molar-refractivity contribution in [1.82, 2.24) is 0 Å². The Labute approximate surface area is 140 Å². The fraction of sp³-hybridized carbons (Fsp3) is 0.250. The number of sulfone groups is 1. The van der Waals surface area contributed by atoms with E-state index in [-0.39, 0.29) is 22.4 Å². The van der Waals surface area contributed by atoms with E-state index in [0.29, 0.717) is 12.3 Å². The van der Waals surface area contributed by atoms with Crippen LogP contribution in [0.1, 0.15) is 6.92 Å². The monoisotopic (exact) mass is 350 g/mol. The number of para-hydroxylation sites is 1. The number of nitrogens with zero attached hydrogens (tertiary/aromatic N) is 1. The van der Waals surface area contributed by atoms with E-state index in [1.807, 2.05) is 37.3 Å². The number of nitrogens with one attached hydrogen (secondary N) is 1. The Kier molecular flexibility index (Phi) is 5.40. The van der Waals surface area contributed by atoms with E-state index in [9.17, 15) is 18.5 Å². The normalized spacial score (nSPS) is 12.4. The van der Waals surface area contributed by atoms with Gasteiger partial charge < -0.3 is 10.1 Å².